The largest absolute Gasteiger partial charge is 0.369 e. The molecule has 4 rings (SSSR count). The van der Waals surface area contributed by atoms with Gasteiger partial charge in [-0.25, -0.2) is 4.98 Å². The summed E-state index contributed by atoms with van der Waals surface area (Å²) < 4.78 is 0. The summed E-state index contributed by atoms with van der Waals surface area (Å²) in [6.07, 6.45) is 1.74. The van der Waals surface area contributed by atoms with Crippen molar-refractivity contribution in [2.24, 2.45) is 0 Å². The summed E-state index contributed by atoms with van der Waals surface area (Å²) >= 11 is 0. The highest BCUT2D eigenvalue weighted by Crippen LogP contribution is 2.23. The second-order valence-electron chi connectivity index (χ2n) is 7.11. The van der Waals surface area contributed by atoms with Gasteiger partial charge in [0, 0.05) is 55.9 Å². The zero-order valence-corrected chi connectivity index (χ0v) is 15.7. The van der Waals surface area contributed by atoms with Crippen LogP contribution >= 0.6 is 0 Å². The molecule has 0 radical (unpaired) electrons. The van der Waals surface area contributed by atoms with Crippen LogP contribution in [0.25, 0.3) is 0 Å². The summed E-state index contributed by atoms with van der Waals surface area (Å²) in [5.74, 6) is 1.16. The van der Waals surface area contributed by atoms with Crippen molar-refractivity contribution in [3.8, 4) is 0 Å². The summed E-state index contributed by atoms with van der Waals surface area (Å²) in [6, 6.07) is 8.02. The van der Waals surface area contributed by atoms with Gasteiger partial charge >= 0.3 is 0 Å². The molecule has 1 aromatic carbocycles. The Morgan fingerprint density at radius 3 is 2.63 bits per heavy atom. The minimum Gasteiger partial charge on any atom is -0.369 e. The number of rotatable bonds is 3. The molecule has 0 spiro atoms. The first-order valence-electron chi connectivity index (χ1n) is 9.29. The number of benzene rings is 1. The lowest BCUT2D eigenvalue weighted by molar-refractivity contribution is -0.121. The molecule has 1 unspecified atom stereocenters. The average Bonchev–Trinajstić information content (AvgIpc) is 2.81. The zero-order chi connectivity index (χ0) is 18.8. The lowest BCUT2D eigenvalue weighted by Gasteiger charge is -2.34. The number of fused-ring (bicyclic) bond motifs is 1. The van der Waals surface area contributed by atoms with Gasteiger partial charge in [0.1, 0.15) is 11.9 Å². The fraction of sp³-hybridized carbons (Fsp3) is 0.421. The van der Waals surface area contributed by atoms with Gasteiger partial charge in [0.05, 0.1) is 0 Å². The van der Waals surface area contributed by atoms with Gasteiger partial charge in [0.2, 0.25) is 11.9 Å². The lowest BCUT2D eigenvalue weighted by Crippen LogP contribution is -2.44. The monoisotopic (exact) mass is 367 g/mol. The van der Waals surface area contributed by atoms with Crippen LogP contribution in [0.3, 0.4) is 0 Å². The van der Waals surface area contributed by atoms with Crippen molar-refractivity contribution < 1.29 is 4.79 Å². The van der Waals surface area contributed by atoms with Crippen molar-refractivity contribution in [2.45, 2.75) is 19.5 Å². The van der Waals surface area contributed by atoms with Gasteiger partial charge in [0.25, 0.3) is 0 Å². The van der Waals surface area contributed by atoms with Gasteiger partial charge in [-0.15, -0.1) is 0 Å². The number of amides is 1. The molecule has 2 aliphatic rings. The van der Waals surface area contributed by atoms with Gasteiger partial charge in [-0.05, 0) is 38.2 Å². The molecule has 142 valence electrons. The predicted octanol–water partition coefficient (Wildman–Crippen LogP) is 1.40. The van der Waals surface area contributed by atoms with Crippen molar-refractivity contribution in [1.29, 1.82) is 0 Å². The Morgan fingerprint density at radius 1 is 1.15 bits per heavy atom. The molecule has 3 heterocycles. The Bertz CT molecular complexity index is 815. The summed E-state index contributed by atoms with van der Waals surface area (Å²) in [6.45, 7) is 6.53. The van der Waals surface area contributed by atoms with E-state index in [9.17, 15) is 4.79 Å². The number of hydrogen-bond donors (Lipinski definition) is 3. The van der Waals surface area contributed by atoms with Crippen LogP contribution in [0.15, 0.2) is 30.5 Å². The van der Waals surface area contributed by atoms with E-state index in [-0.39, 0.29) is 11.9 Å². The summed E-state index contributed by atoms with van der Waals surface area (Å²) in [5.41, 5.74) is 3.05. The molecule has 0 bridgehead atoms. The normalized spacial score (nSPS) is 20.3. The molecule has 8 heteroatoms. The summed E-state index contributed by atoms with van der Waals surface area (Å²) in [4.78, 5) is 25.4. The molecule has 27 heavy (non-hydrogen) atoms. The maximum absolute atomic E-state index is 11.8. The fourth-order valence-corrected chi connectivity index (χ4v) is 3.28. The van der Waals surface area contributed by atoms with Crippen LogP contribution in [0.2, 0.25) is 0 Å². The number of piperazine rings is 1. The number of carbonyl (C=O) groups is 1. The molecule has 1 amide bonds. The number of hydrogen-bond acceptors (Lipinski definition) is 7. The van der Waals surface area contributed by atoms with E-state index in [0.717, 1.165) is 37.4 Å². The SMILES string of the molecule is CC1Nc2nc(Nc3ccc(N4CCN(C)CC4)cc3)ncc2CNC1=O. The van der Waals surface area contributed by atoms with Gasteiger partial charge < -0.3 is 25.8 Å². The Morgan fingerprint density at radius 2 is 1.89 bits per heavy atom. The Kier molecular flexibility index (Phi) is 4.81. The molecule has 1 saturated heterocycles. The third-order valence-electron chi connectivity index (χ3n) is 5.06. The molecule has 0 saturated carbocycles. The van der Waals surface area contributed by atoms with E-state index in [2.05, 4.69) is 54.9 Å². The summed E-state index contributed by atoms with van der Waals surface area (Å²) in [7, 11) is 2.16. The van der Waals surface area contributed by atoms with Crippen LogP contribution in [-0.2, 0) is 11.3 Å². The molecule has 2 aliphatic heterocycles. The van der Waals surface area contributed by atoms with Crippen LogP contribution in [-0.4, -0.2) is 60.0 Å². The van der Waals surface area contributed by atoms with Gasteiger partial charge in [0.15, 0.2) is 0 Å². The standard InChI is InChI=1S/C19H25N7O/c1-13-18(27)20-11-14-12-21-19(24-17(14)22-13)23-15-3-5-16(6-4-15)26-9-7-25(2)8-10-26/h3-6,12-13H,7-11H2,1-2H3,(H,20,27)(H2,21,22,23,24). The lowest BCUT2D eigenvalue weighted by atomic mass is 10.2. The van der Waals surface area contributed by atoms with E-state index < -0.39 is 0 Å². The maximum Gasteiger partial charge on any atom is 0.242 e. The van der Waals surface area contributed by atoms with E-state index in [1.807, 2.05) is 19.1 Å². The highest BCUT2D eigenvalue weighted by Gasteiger charge is 2.20. The Balaban J connectivity index is 1.45. The molecule has 8 nitrogen and oxygen atoms in total. The maximum atomic E-state index is 11.8. The highest BCUT2D eigenvalue weighted by atomic mass is 16.2. The first-order chi connectivity index (χ1) is 13.1. The number of aromatic nitrogens is 2. The van der Waals surface area contributed by atoms with Gasteiger partial charge in [-0.2, -0.15) is 4.98 Å². The third kappa shape index (κ3) is 3.95. The van der Waals surface area contributed by atoms with Crippen LogP contribution in [0, 0.1) is 0 Å². The highest BCUT2D eigenvalue weighted by molar-refractivity contribution is 5.85. The molecule has 1 atom stereocenters. The number of nitrogens with one attached hydrogen (secondary N) is 3. The second-order valence-corrected chi connectivity index (χ2v) is 7.11. The van der Waals surface area contributed by atoms with Crippen LogP contribution in [0.1, 0.15) is 12.5 Å². The van der Waals surface area contributed by atoms with Crippen molar-refractivity contribution in [3.05, 3.63) is 36.0 Å². The molecule has 3 N–H and O–H groups in total. The van der Waals surface area contributed by atoms with Crippen molar-refractivity contribution in [2.75, 3.05) is 48.8 Å². The van der Waals surface area contributed by atoms with Gasteiger partial charge in [-0.3, -0.25) is 4.79 Å². The van der Waals surface area contributed by atoms with Gasteiger partial charge in [-0.1, -0.05) is 0 Å². The molecular formula is C19H25N7O. The van der Waals surface area contributed by atoms with Crippen LogP contribution in [0.5, 0.6) is 0 Å². The first kappa shape index (κ1) is 17.5. The minimum atomic E-state index is -0.322. The number of likely N-dealkylation sites (N-methyl/N-ethyl adjacent to an activating group) is 1. The van der Waals surface area contributed by atoms with Crippen molar-refractivity contribution in [3.63, 3.8) is 0 Å². The molecule has 1 fully saturated rings. The minimum absolute atomic E-state index is 0.0398. The molecule has 1 aromatic heterocycles. The van der Waals surface area contributed by atoms with E-state index in [4.69, 9.17) is 0 Å². The Labute approximate surface area is 159 Å². The molecular weight excluding hydrogens is 342 g/mol. The van der Waals surface area contributed by atoms with Crippen molar-refractivity contribution in [1.82, 2.24) is 20.2 Å². The average molecular weight is 367 g/mol. The van der Waals surface area contributed by atoms with Crippen LogP contribution in [0.4, 0.5) is 23.1 Å². The second kappa shape index (κ2) is 7.40. The molecule has 2 aromatic rings. The first-order valence-corrected chi connectivity index (χ1v) is 9.29. The number of nitrogens with zero attached hydrogens (tertiary/aromatic N) is 4. The van der Waals surface area contributed by atoms with E-state index in [1.165, 1.54) is 5.69 Å². The fourth-order valence-electron chi connectivity index (χ4n) is 3.28. The molecule has 0 aliphatic carbocycles. The zero-order valence-electron chi connectivity index (χ0n) is 15.7. The van der Waals surface area contributed by atoms with E-state index >= 15 is 0 Å². The number of anilines is 4. The Hall–Kier alpha value is -2.87. The topological polar surface area (TPSA) is 85.4 Å². The number of carbonyl (C=O) groups excluding carboxylic acids is 1. The quantitative estimate of drug-likeness (QED) is 0.756. The van der Waals surface area contributed by atoms with Crippen LogP contribution < -0.4 is 20.9 Å². The van der Waals surface area contributed by atoms with E-state index in [1.54, 1.807) is 6.20 Å². The smallest absolute Gasteiger partial charge is 0.242 e. The predicted molar refractivity (Wildman–Crippen MR) is 106 cm³/mol. The van der Waals surface area contributed by atoms with E-state index in [0.29, 0.717) is 18.3 Å². The summed E-state index contributed by atoms with van der Waals surface area (Å²) in [5, 5.41) is 9.23. The van der Waals surface area contributed by atoms with Crippen molar-refractivity contribution >= 4 is 29.0 Å². The third-order valence-corrected chi connectivity index (χ3v) is 5.06.